The van der Waals surface area contributed by atoms with Crippen LogP contribution in [-0.4, -0.2) is 25.5 Å². The van der Waals surface area contributed by atoms with Crippen molar-refractivity contribution in [2.75, 3.05) is 18.2 Å². The van der Waals surface area contributed by atoms with Crippen molar-refractivity contribution in [1.82, 2.24) is 0 Å². The standard InChI is InChI=1S/C12H13F3N2O2/c1-19-12(18)5-2-7(13)10(8(16)3-5)17-9-4-6(9)11(14)15/h2-3,6,9,11,17H,4,16H2,1H3/t6?,9-/m0/s1. The molecule has 1 aliphatic carbocycles. The minimum Gasteiger partial charge on any atom is -0.465 e. The molecule has 0 saturated heterocycles. The van der Waals surface area contributed by atoms with E-state index >= 15 is 0 Å². The first kappa shape index (κ1) is 13.5. The maximum atomic E-state index is 13.8. The van der Waals surface area contributed by atoms with E-state index in [0.717, 1.165) is 6.07 Å². The molecule has 0 bridgehead atoms. The van der Waals surface area contributed by atoms with Crippen molar-refractivity contribution in [1.29, 1.82) is 0 Å². The van der Waals surface area contributed by atoms with Crippen molar-refractivity contribution >= 4 is 17.3 Å². The van der Waals surface area contributed by atoms with Gasteiger partial charge in [-0.25, -0.2) is 18.0 Å². The maximum absolute atomic E-state index is 13.8. The van der Waals surface area contributed by atoms with E-state index in [1.165, 1.54) is 13.2 Å². The third kappa shape index (κ3) is 2.74. The average Bonchev–Trinajstić information content (AvgIpc) is 3.12. The second-order valence-corrected chi connectivity index (χ2v) is 4.40. The maximum Gasteiger partial charge on any atom is 0.338 e. The highest BCUT2D eigenvalue weighted by Crippen LogP contribution is 2.40. The van der Waals surface area contributed by atoms with Crippen molar-refractivity contribution in [3.63, 3.8) is 0 Å². The van der Waals surface area contributed by atoms with Crippen molar-refractivity contribution in [2.24, 2.45) is 5.92 Å². The SMILES string of the molecule is COC(=O)c1cc(N)c(N[C@H]2CC2C(F)F)c(F)c1. The number of ether oxygens (including phenoxy) is 1. The van der Waals surface area contributed by atoms with E-state index < -0.39 is 30.2 Å². The van der Waals surface area contributed by atoms with Crippen molar-refractivity contribution in [3.8, 4) is 0 Å². The highest BCUT2D eigenvalue weighted by molar-refractivity contribution is 5.92. The molecule has 2 rings (SSSR count). The van der Waals surface area contributed by atoms with E-state index in [9.17, 15) is 18.0 Å². The predicted octanol–water partition coefficient (Wildman–Crippen LogP) is 2.26. The molecule has 19 heavy (non-hydrogen) atoms. The molecule has 0 spiro atoms. The number of nitrogens with one attached hydrogen (secondary N) is 1. The number of carbonyl (C=O) groups excluding carboxylic acids is 1. The molecular formula is C12H13F3N2O2. The van der Waals surface area contributed by atoms with E-state index in [-0.39, 0.29) is 23.4 Å². The Hall–Kier alpha value is -1.92. The van der Waals surface area contributed by atoms with Gasteiger partial charge >= 0.3 is 5.97 Å². The lowest BCUT2D eigenvalue weighted by atomic mass is 10.1. The minimum absolute atomic E-state index is 0.0136. The Morgan fingerprint density at radius 2 is 2.21 bits per heavy atom. The van der Waals surface area contributed by atoms with Crippen LogP contribution in [0.1, 0.15) is 16.8 Å². The molecule has 1 aliphatic rings. The number of benzene rings is 1. The molecular weight excluding hydrogens is 261 g/mol. The van der Waals surface area contributed by atoms with Gasteiger partial charge in [-0.3, -0.25) is 0 Å². The van der Waals surface area contributed by atoms with Gasteiger partial charge in [0.1, 0.15) is 5.82 Å². The molecule has 7 heteroatoms. The van der Waals surface area contributed by atoms with Gasteiger partial charge in [-0.05, 0) is 18.6 Å². The van der Waals surface area contributed by atoms with Gasteiger partial charge in [-0.2, -0.15) is 0 Å². The van der Waals surface area contributed by atoms with Gasteiger partial charge in [0.25, 0.3) is 0 Å². The molecule has 0 aliphatic heterocycles. The number of halogens is 3. The van der Waals surface area contributed by atoms with Crippen LogP contribution in [0.5, 0.6) is 0 Å². The van der Waals surface area contributed by atoms with Crippen molar-refractivity contribution in [2.45, 2.75) is 18.9 Å². The second kappa shape index (κ2) is 4.99. The lowest BCUT2D eigenvalue weighted by Gasteiger charge is -2.11. The average molecular weight is 274 g/mol. The van der Waals surface area contributed by atoms with Gasteiger partial charge in [0, 0.05) is 12.0 Å². The smallest absolute Gasteiger partial charge is 0.338 e. The topological polar surface area (TPSA) is 64.3 Å². The molecule has 0 aromatic heterocycles. The van der Waals surface area contributed by atoms with E-state index in [1.54, 1.807) is 0 Å². The Morgan fingerprint density at radius 1 is 1.53 bits per heavy atom. The van der Waals surface area contributed by atoms with Crippen LogP contribution >= 0.6 is 0 Å². The first-order chi connectivity index (χ1) is 8.93. The molecule has 4 nitrogen and oxygen atoms in total. The summed E-state index contributed by atoms with van der Waals surface area (Å²) >= 11 is 0. The normalized spacial score (nSPS) is 21.3. The Balaban J connectivity index is 2.16. The highest BCUT2D eigenvalue weighted by Gasteiger charge is 2.44. The van der Waals surface area contributed by atoms with Gasteiger partial charge in [0.15, 0.2) is 0 Å². The van der Waals surface area contributed by atoms with Crippen molar-refractivity contribution < 1.29 is 22.7 Å². The molecule has 2 atom stereocenters. The first-order valence-electron chi connectivity index (χ1n) is 5.66. The second-order valence-electron chi connectivity index (χ2n) is 4.40. The number of rotatable bonds is 4. The zero-order chi connectivity index (χ0) is 14.2. The molecule has 1 fully saturated rings. The van der Waals surface area contributed by atoms with Crippen LogP contribution in [0.3, 0.4) is 0 Å². The number of anilines is 2. The predicted molar refractivity (Wildman–Crippen MR) is 63.7 cm³/mol. The van der Waals surface area contributed by atoms with E-state index in [2.05, 4.69) is 10.1 Å². The molecule has 0 heterocycles. The molecule has 0 amide bonds. The summed E-state index contributed by atoms with van der Waals surface area (Å²) in [6, 6.07) is 1.72. The lowest BCUT2D eigenvalue weighted by molar-refractivity contribution is 0.0600. The van der Waals surface area contributed by atoms with Crippen LogP contribution in [0.2, 0.25) is 0 Å². The van der Waals surface area contributed by atoms with Gasteiger partial charge in [0.05, 0.1) is 24.0 Å². The number of carbonyl (C=O) groups is 1. The molecule has 1 aromatic rings. The molecule has 1 unspecified atom stereocenters. The molecule has 0 radical (unpaired) electrons. The van der Waals surface area contributed by atoms with Crippen LogP contribution in [0.25, 0.3) is 0 Å². The molecule has 3 N–H and O–H groups in total. The summed E-state index contributed by atoms with van der Waals surface area (Å²) in [5.74, 6) is -2.26. The van der Waals surface area contributed by atoms with Gasteiger partial charge in [0.2, 0.25) is 6.43 Å². The number of nitrogens with two attached hydrogens (primary N) is 1. The number of esters is 1. The summed E-state index contributed by atoms with van der Waals surface area (Å²) < 4.78 is 43.0. The molecule has 1 saturated carbocycles. The van der Waals surface area contributed by atoms with Gasteiger partial charge < -0.3 is 15.8 Å². The third-order valence-corrected chi connectivity index (χ3v) is 3.04. The van der Waals surface area contributed by atoms with Crippen LogP contribution in [0.4, 0.5) is 24.5 Å². The van der Waals surface area contributed by atoms with Gasteiger partial charge in [-0.1, -0.05) is 0 Å². The van der Waals surface area contributed by atoms with Gasteiger partial charge in [-0.15, -0.1) is 0 Å². The van der Waals surface area contributed by atoms with Crippen LogP contribution < -0.4 is 11.1 Å². The summed E-state index contributed by atoms with van der Waals surface area (Å²) in [5.41, 5.74) is 5.52. The van der Waals surface area contributed by atoms with Crippen LogP contribution in [0.15, 0.2) is 12.1 Å². The largest absolute Gasteiger partial charge is 0.465 e. The first-order valence-corrected chi connectivity index (χ1v) is 5.66. The van der Waals surface area contributed by atoms with E-state index in [0.29, 0.717) is 0 Å². The zero-order valence-corrected chi connectivity index (χ0v) is 10.1. The number of nitrogen functional groups attached to an aromatic ring is 1. The highest BCUT2D eigenvalue weighted by atomic mass is 19.3. The summed E-state index contributed by atoms with van der Waals surface area (Å²) in [6.07, 6.45) is -2.16. The summed E-state index contributed by atoms with van der Waals surface area (Å²) in [4.78, 5) is 11.2. The minimum atomic E-state index is -2.43. The number of methoxy groups -OCH3 is 1. The summed E-state index contributed by atoms with van der Waals surface area (Å²) in [5, 5.41) is 2.64. The number of alkyl halides is 2. The third-order valence-electron chi connectivity index (χ3n) is 3.04. The fraction of sp³-hybridized carbons (Fsp3) is 0.417. The quantitative estimate of drug-likeness (QED) is 0.653. The zero-order valence-electron chi connectivity index (χ0n) is 10.1. The Kier molecular flexibility index (Phi) is 3.55. The molecule has 104 valence electrons. The Labute approximate surface area is 107 Å². The Bertz CT molecular complexity index is 485. The van der Waals surface area contributed by atoms with Crippen LogP contribution in [-0.2, 0) is 4.74 Å². The monoisotopic (exact) mass is 274 g/mol. The number of hydrogen-bond acceptors (Lipinski definition) is 4. The van der Waals surface area contributed by atoms with Crippen molar-refractivity contribution in [3.05, 3.63) is 23.5 Å². The molecule has 1 aromatic carbocycles. The summed E-state index contributed by atoms with van der Waals surface area (Å²) in [6.45, 7) is 0. The van der Waals surface area contributed by atoms with Crippen LogP contribution in [0, 0.1) is 11.7 Å². The Morgan fingerprint density at radius 3 is 2.68 bits per heavy atom. The fourth-order valence-corrected chi connectivity index (χ4v) is 1.86. The lowest BCUT2D eigenvalue weighted by Crippen LogP contribution is -2.13. The van der Waals surface area contributed by atoms with E-state index in [4.69, 9.17) is 5.73 Å². The van der Waals surface area contributed by atoms with E-state index in [1.807, 2.05) is 0 Å². The number of hydrogen-bond donors (Lipinski definition) is 2. The fourth-order valence-electron chi connectivity index (χ4n) is 1.86. The summed E-state index contributed by atoms with van der Waals surface area (Å²) in [7, 11) is 1.17.